The third-order valence-corrected chi connectivity index (χ3v) is 6.00. The van der Waals surface area contributed by atoms with Gasteiger partial charge in [0.05, 0.1) is 0 Å². The molecule has 0 bridgehead atoms. The normalized spacial score (nSPS) is 20.9. The third-order valence-electron chi connectivity index (χ3n) is 5.41. The molecule has 1 aromatic rings. The van der Waals surface area contributed by atoms with Crippen LogP contribution in [0.5, 0.6) is 0 Å². The lowest BCUT2D eigenvalue weighted by molar-refractivity contribution is 0.107. The number of benzene rings is 1. The molecule has 148 valence electrons. The maximum absolute atomic E-state index is 12.1. The highest BCUT2D eigenvalue weighted by molar-refractivity contribution is 9.11. The van der Waals surface area contributed by atoms with Gasteiger partial charge in [-0.1, -0.05) is 64.5 Å². The summed E-state index contributed by atoms with van der Waals surface area (Å²) in [7, 11) is 0. The Hall–Kier alpha value is -1.59. The van der Waals surface area contributed by atoms with Gasteiger partial charge < -0.3 is 15.7 Å². The van der Waals surface area contributed by atoms with Gasteiger partial charge in [0.1, 0.15) is 0 Å². The van der Waals surface area contributed by atoms with E-state index in [0.29, 0.717) is 6.54 Å². The molecule has 0 aliphatic heterocycles. The zero-order valence-electron chi connectivity index (χ0n) is 16.5. The zero-order chi connectivity index (χ0) is 20.1. The standard InChI is InChI=1S/C22H31BrN2O2/c1-17(25(20(26)27)16-8-7-13-21(2,3)24)22(14-11-19(23)12-15-22)18-9-5-4-6-10-18/h4-6,9-12,14,17H,7-8,13,15-16,24H2,1-3H3,(H,26,27)/t17-,22?/m0/s1. The predicted octanol–water partition coefficient (Wildman–Crippen LogP) is 5.44. The molecule has 1 amide bonds. The average Bonchev–Trinajstić information content (AvgIpc) is 2.61. The van der Waals surface area contributed by atoms with Crippen LogP contribution in [-0.2, 0) is 5.41 Å². The number of carbonyl (C=O) groups is 1. The Morgan fingerprint density at radius 2 is 2.00 bits per heavy atom. The van der Waals surface area contributed by atoms with E-state index in [9.17, 15) is 9.90 Å². The van der Waals surface area contributed by atoms with Crippen LogP contribution in [0, 0.1) is 0 Å². The Balaban J connectivity index is 2.23. The van der Waals surface area contributed by atoms with Crippen LogP contribution in [0.2, 0.25) is 0 Å². The number of carboxylic acid groups (broad SMARTS) is 1. The average molecular weight is 435 g/mol. The number of nitrogens with two attached hydrogens (primary N) is 1. The molecule has 4 nitrogen and oxygen atoms in total. The first kappa shape index (κ1) is 21.7. The molecule has 3 N–H and O–H groups in total. The summed E-state index contributed by atoms with van der Waals surface area (Å²) in [6.45, 7) is 6.54. The van der Waals surface area contributed by atoms with Crippen LogP contribution in [0.15, 0.2) is 53.0 Å². The van der Waals surface area contributed by atoms with E-state index >= 15 is 0 Å². The van der Waals surface area contributed by atoms with Gasteiger partial charge >= 0.3 is 6.09 Å². The molecular weight excluding hydrogens is 404 g/mol. The van der Waals surface area contributed by atoms with E-state index in [-0.39, 0.29) is 17.0 Å². The Morgan fingerprint density at radius 1 is 1.33 bits per heavy atom. The van der Waals surface area contributed by atoms with Crippen molar-refractivity contribution in [3.8, 4) is 0 Å². The quantitative estimate of drug-likeness (QED) is 0.535. The SMILES string of the molecule is C[C@H](N(CCCCC(C)(C)N)C(=O)O)C1(c2ccccc2)C=CC(Br)=CC1. The van der Waals surface area contributed by atoms with Gasteiger partial charge in [-0.15, -0.1) is 0 Å². The Morgan fingerprint density at radius 3 is 2.52 bits per heavy atom. The summed E-state index contributed by atoms with van der Waals surface area (Å²) in [5.41, 5.74) is 6.60. The number of halogens is 1. The van der Waals surface area contributed by atoms with Crippen LogP contribution < -0.4 is 5.73 Å². The molecule has 0 radical (unpaired) electrons. The van der Waals surface area contributed by atoms with Gasteiger partial charge in [-0.3, -0.25) is 0 Å². The van der Waals surface area contributed by atoms with E-state index in [0.717, 1.165) is 35.7 Å². The molecule has 2 rings (SSSR count). The minimum absolute atomic E-state index is 0.184. The van der Waals surface area contributed by atoms with Crippen molar-refractivity contribution in [1.82, 2.24) is 4.90 Å². The van der Waals surface area contributed by atoms with Crippen LogP contribution in [-0.4, -0.2) is 34.2 Å². The second kappa shape index (κ2) is 9.07. The fraction of sp³-hybridized carbons (Fsp3) is 0.500. The highest BCUT2D eigenvalue weighted by atomic mass is 79.9. The van der Waals surface area contributed by atoms with E-state index < -0.39 is 6.09 Å². The fourth-order valence-electron chi connectivity index (χ4n) is 3.74. The van der Waals surface area contributed by atoms with Crippen molar-refractivity contribution in [3.63, 3.8) is 0 Å². The first-order valence-corrected chi connectivity index (χ1v) is 10.3. The third kappa shape index (κ3) is 5.69. The monoisotopic (exact) mass is 434 g/mol. The van der Waals surface area contributed by atoms with Crippen molar-refractivity contribution in [2.24, 2.45) is 5.73 Å². The van der Waals surface area contributed by atoms with E-state index in [4.69, 9.17) is 5.73 Å². The largest absolute Gasteiger partial charge is 0.465 e. The van der Waals surface area contributed by atoms with Crippen molar-refractivity contribution in [2.75, 3.05) is 6.54 Å². The summed E-state index contributed by atoms with van der Waals surface area (Å²) in [6, 6.07) is 10.0. The molecule has 0 saturated heterocycles. The summed E-state index contributed by atoms with van der Waals surface area (Å²) in [4.78, 5) is 13.7. The number of hydrogen-bond donors (Lipinski definition) is 2. The molecule has 27 heavy (non-hydrogen) atoms. The molecule has 2 atom stereocenters. The van der Waals surface area contributed by atoms with Crippen LogP contribution >= 0.6 is 15.9 Å². The van der Waals surface area contributed by atoms with Gasteiger partial charge in [0.2, 0.25) is 0 Å². The maximum Gasteiger partial charge on any atom is 0.407 e. The molecule has 1 aliphatic rings. The van der Waals surface area contributed by atoms with Crippen molar-refractivity contribution in [1.29, 1.82) is 0 Å². The van der Waals surface area contributed by atoms with Gasteiger partial charge in [-0.2, -0.15) is 0 Å². The molecule has 0 saturated carbocycles. The number of hydrogen-bond acceptors (Lipinski definition) is 2. The lowest BCUT2D eigenvalue weighted by Crippen LogP contribution is -2.51. The summed E-state index contributed by atoms with van der Waals surface area (Å²) in [5.74, 6) is 0. The topological polar surface area (TPSA) is 66.6 Å². The highest BCUT2D eigenvalue weighted by Gasteiger charge is 2.40. The van der Waals surface area contributed by atoms with Crippen molar-refractivity contribution >= 4 is 22.0 Å². The van der Waals surface area contributed by atoms with Gasteiger partial charge in [0, 0.05) is 28.0 Å². The molecule has 0 aromatic heterocycles. The van der Waals surface area contributed by atoms with E-state index in [1.807, 2.05) is 45.0 Å². The minimum atomic E-state index is -0.869. The predicted molar refractivity (Wildman–Crippen MR) is 115 cm³/mol. The summed E-state index contributed by atoms with van der Waals surface area (Å²) in [5, 5.41) is 9.90. The van der Waals surface area contributed by atoms with E-state index in [1.54, 1.807) is 4.90 Å². The van der Waals surface area contributed by atoms with Gasteiger partial charge in [0.15, 0.2) is 0 Å². The summed E-state index contributed by atoms with van der Waals surface area (Å²) in [6.07, 6.45) is 8.81. The Bertz CT molecular complexity index is 694. The molecular formula is C22H31BrN2O2. The van der Waals surface area contributed by atoms with Crippen molar-refractivity contribution in [3.05, 3.63) is 58.6 Å². The van der Waals surface area contributed by atoms with E-state index in [1.165, 1.54) is 0 Å². The second-order valence-corrected chi connectivity index (χ2v) is 9.05. The van der Waals surface area contributed by atoms with Crippen molar-refractivity contribution < 1.29 is 9.90 Å². The Labute approximate surface area is 171 Å². The van der Waals surface area contributed by atoms with Crippen LogP contribution in [0.1, 0.15) is 52.0 Å². The minimum Gasteiger partial charge on any atom is -0.465 e. The molecule has 0 spiro atoms. The van der Waals surface area contributed by atoms with E-state index in [2.05, 4.69) is 40.2 Å². The highest BCUT2D eigenvalue weighted by Crippen LogP contribution is 2.40. The van der Waals surface area contributed by atoms with Gasteiger partial charge in [-0.25, -0.2) is 4.79 Å². The second-order valence-electron chi connectivity index (χ2n) is 8.13. The lowest BCUT2D eigenvalue weighted by atomic mass is 9.70. The van der Waals surface area contributed by atoms with Crippen molar-refractivity contribution in [2.45, 2.75) is 63.5 Å². The zero-order valence-corrected chi connectivity index (χ0v) is 18.1. The number of unbranched alkanes of at least 4 members (excludes halogenated alkanes) is 1. The van der Waals surface area contributed by atoms with Crippen LogP contribution in [0.3, 0.4) is 0 Å². The lowest BCUT2D eigenvalue weighted by Gasteiger charge is -2.43. The number of rotatable bonds is 8. The maximum atomic E-state index is 12.1. The molecule has 1 aliphatic carbocycles. The molecule has 1 unspecified atom stereocenters. The summed E-state index contributed by atoms with van der Waals surface area (Å²) < 4.78 is 1.04. The van der Waals surface area contributed by atoms with Crippen LogP contribution in [0.25, 0.3) is 0 Å². The van der Waals surface area contributed by atoms with Crippen LogP contribution in [0.4, 0.5) is 4.79 Å². The Kier molecular flexibility index (Phi) is 7.29. The molecule has 5 heteroatoms. The summed E-state index contributed by atoms with van der Waals surface area (Å²) >= 11 is 3.53. The van der Waals surface area contributed by atoms with Gasteiger partial charge in [0.25, 0.3) is 0 Å². The number of nitrogens with zero attached hydrogens (tertiary/aromatic N) is 1. The smallest absolute Gasteiger partial charge is 0.407 e. The molecule has 1 aromatic carbocycles. The fourth-order valence-corrected chi connectivity index (χ4v) is 4.03. The first-order chi connectivity index (χ1) is 12.7. The first-order valence-electron chi connectivity index (χ1n) is 9.54. The number of amides is 1. The molecule has 0 fully saturated rings. The number of allylic oxidation sites excluding steroid dienone is 3. The molecule has 0 heterocycles. The van der Waals surface area contributed by atoms with Gasteiger partial charge in [-0.05, 0) is 52.0 Å².